The van der Waals surface area contributed by atoms with E-state index in [9.17, 15) is 23.9 Å². The lowest BCUT2D eigenvalue weighted by molar-refractivity contribution is -0.120. The van der Waals surface area contributed by atoms with Crippen LogP contribution in [0, 0.1) is 5.82 Å². The Balaban J connectivity index is 1.61. The van der Waals surface area contributed by atoms with Crippen LogP contribution in [0.1, 0.15) is 54.5 Å². The number of primary amides is 1. The molecule has 11 heteroatoms. The van der Waals surface area contributed by atoms with Gasteiger partial charge in [0.1, 0.15) is 12.0 Å². The number of hydrogen-bond donors (Lipinski definition) is 3. The lowest BCUT2D eigenvalue weighted by Crippen LogP contribution is -2.38. The third-order valence-corrected chi connectivity index (χ3v) is 8.63. The Morgan fingerprint density at radius 1 is 1.12 bits per heavy atom. The molecule has 6 rings (SSSR count). The fourth-order valence-electron chi connectivity index (χ4n) is 6.14. The van der Waals surface area contributed by atoms with E-state index < -0.39 is 46.6 Å². The minimum atomic E-state index is -1.60. The van der Waals surface area contributed by atoms with Crippen LogP contribution in [0.3, 0.4) is 0 Å². The van der Waals surface area contributed by atoms with E-state index in [1.54, 1.807) is 44.2 Å². The van der Waals surface area contributed by atoms with Crippen LogP contribution in [-0.2, 0) is 17.4 Å². The number of alkyl halides is 1. The topological polar surface area (TPSA) is 123 Å². The molecular formula is C31H27ClF2N4O4. The van der Waals surface area contributed by atoms with E-state index in [0.717, 1.165) is 15.2 Å². The molecule has 4 N–H and O–H groups in total. The van der Waals surface area contributed by atoms with Gasteiger partial charge < -0.3 is 15.8 Å². The van der Waals surface area contributed by atoms with Crippen molar-refractivity contribution in [2.75, 3.05) is 0 Å². The monoisotopic (exact) mass is 592 g/mol. The number of para-hydroxylation sites is 1. The van der Waals surface area contributed by atoms with E-state index in [1.165, 1.54) is 25.2 Å². The lowest BCUT2D eigenvalue weighted by Gasteiger charge is -2.32. The molecule has 8 nitrogen and oxygen atoms in total. The van der Waals surface area contributed by atoms with Gasteiger partial charge in [-0.1, -0.05) is 41.9 Å². The Morgan fingerprint density at radius 3 is 2.52 bits per heavy atom. The maximum Gasteiger partial charge on any atom is 0.336 e. The first-order valence-electron chi connectivity index (χ1n) is 13.3. The number of fused-ring (bicyclic) bond motifs is 4. The van der Waals surface area contributed by atoms with Gasteiger partial charge in [-0.25, -0.2) is 18.1 Å². The number of nitrogens with two attached hydrogens (primary N) is 1. The summed E-state index contributed by atoms with van der Waals surface area (Å²) in [7, 11) is 1.35. The highest BCUT2D eigenvalue weighted by atomic mass is 35.5. The van der Waals surface area contributed by atoms with Crippen molar-refractivity contribution in [3.8, 4) is 5.69 Å². The summed E-state index contributed by atoms with van der Waals surface area (Å²) >= 11 is 6.91. The predicted octanol–water partition coefficient (Wildman–Crippen LogP) is 4.63. The molecule has 42 heavy (non-hydrogen) atoms. The molecule has 1 aliphatic carbocycles. The number of nitrogens with one attached hydrogen (secondary N) is 1. The summed E-state index contributed by atoms with van der Waals surface area (Å²) < 4.78 is 32.6. The average Bonchev–Trinajstić information content (AvgIpc) is 3.30. The number of aromatic amines is 1. The van der Waals surface area contributed by atoms with Crippen molar-refractivity contribution in [2.45, 2.75) is 43.9 Å². The van der Waals surface area contributed by atoms with Crippen molar-refractivity contribution in [1.29, 1.82) is 0 Å². The molecule has 1 unspecified atom stereocenters. The van der Waals surface area contributed by atoms with E-state index in [-0.39, 0.29) is 28.0 Å². The molecule has 0 saturated heterocycles. The fourth-order valence-corrected chi connectivity index (χ4v) is 6.47. The van der Waals surface area contributed by atoms with Crippen molar-refractivity contribution in [1.82, 2.24) is 14.1 Å². The van der Waals surface area contributed by atoms with Gasteiger partial charge in [0.25, 0.3) is 5.56 Å². The first-order chi connectivity index (χ1) is 19.8. The number of benzene rings is 3. The number of hydrogen-bond acceptors (Lipinski definition) is 4. The fraction of sp³-hybridized carbons (Fsp3) is 0.258. The molecule has 3 aromatic carbocycles. The van der Waals surface area contributed by atoms with Crippen LogP contribution in [0.4, 0.5) is 8.78 Å². The molecule has 0 spiro atoms. The summed E-state index contributed by atoms with van der Waals surface area (Å²) in [5, 5.41) is 11.1. The minimum absolute atomic E-state index is 0.0147. The zero-order valence-electron chi connectivity index (χ0n) is 22.9. The summed E-state index contributed by atoms with van der Waals surface area (Å²) in [4.78, 5) is 42.5. The lowest BCUT2D eigenvalue weighted by atomic mass is 9.74. The van der Waals surface area contributed by atoms with Gasteiger partial charge in [-0.15, -0.1) is 0 Å². The molecule has 0 radical (unpaired) electrons. The predicted molar refractivity (Wildman–Crippen MR) is 157 cm³/mol. The molecule has 1 aliphatic rings. The van der Waals surface area contributed by atoms with Crippen LogP contribution in [0.5, 0.6) is 0 Å². The second-order valence-electron chi connectivity index (χ2n) is 11.3. The third kappa shape index (κ3) is 4.08. The number of halogens is 3. The summed E-state index contributed by atoms with van der Waals surface area (Å²) in [6.45, 7) is 3.28. The quantitative estimate of drug-likeness (QED) is 0.281. The van der Waals surface area contributed by atoms with E-state index in [2.05, 4.69) is 4.98 Å². The molecule has 3 atom stereocenters. The van der Waals surface area contributed by atoms with Crippen molar-refractivity contribution >= 4 is 39.3 Å². The van der Waals surface area contributed by atoms with Crippen LogP contribution in [-0.4, -0.2) is 31.3 Å². The number of aromatic nitrogens is 3. The maximum absolute atomic E-state index is 16.2. The van der Waals surface area contributed by atoms with Gasteiger partial charge in [-0.2, -0.15) is 0 Å². The number of aliphatic hydroxyl groups is 1. The largest absolute Gasteiger partial charge is 0.386 e. The van der Waals surface area contributed by atoms with Gasteiger partial charge in [0.2, 0.25) is 5.91 Å². The molecule has 1 amide bonds. The highest BCUT2D eigenvalue weighted by Gasteiger charge is 2.42. The van der Waals surface area contributed by atoms with Gasteiger partial charge in [0.15, 0.2) is 0 Å². The number of carbonyl (C=O) groups is 1. The Hall–Kier alpha value is -4.28. The number of carbonyl (C=O) groups excluding carboxylic acids is 1. The van der Waals surface area contributed by atoms with E-state index in [4.69, 9.17) is 17.3 Å². The number of rotatable bonds is 4. The molecule has 5 aromatic rings. The highest BCUT2D eigenvalue weighted by molar-refractivity contribution is 6.33. The van der Waals surface area contributed by atoms with Gasteiger partial charge in [0, 0.05) is 29.6 Å². The van der Waals surface area contributed by atoms with Crippen LogP contribution in [0.2, 0.25) is 5.02 Å². The molecule has 216 valence electrons. The Morgan fingerprint density at radius 2 is 1.83 bits per heavy atom. The van der Waals surface area contributed by atoms with Crippen molar-refractivity contribution in [3.05, 3.63) is 109 Å². The Kier molecular flexibility index (Phi) is 6.40. The first-order valence-corrected chi connectivity index (χ1v) is 13.7. The summed E-state index contributed by atoms with van der Waals surface area (Å²) in [6.07, 6.45) is -1.81. The standard InChI is InChI=1S/C31H27ClF2N4O4/c1-31(2,42)14-10-11-15-21(12-14)36-26-18(28(35)39)13-20(34)23(24(15)26)16-6-5-9-22(25(16)32)38-29(40)17-7-4-8-19(33)27(17)37(3)30(38)41/h4-12,18,20,23,36,42H,13H2,1-3H3,(H2,35,39)/t18-,20+,23?/m0/s1. The van der Waals surface area contributed by atoms with E-state index in [1.807, 2.05) is 0 Å². The average molecular weight is 593 g/mol. The van der Waals surface area contributed by atoms with Gasteiger partial charge in [-0.05, 0) is 61.2 Å². The third-order valence-electron chi connectivity index (χ3n) is 8.22. The second-order valence-corrected chi connectivity index (χ2v) is 11.6. The van der Waals surface area contributed by atoms with E-state index >= 15 is 4.39 Å². The van der Waals surface area contributed by atoms with Crippen LogP contribution in [0.15, 0.2) is 64.2 Å². The van der Waals surface area contributed by atoms with Gasteiger partial charge in [-0.3, -0.25) is 14.2 Å². The van der Waals surface area contributed by atoms with E-state index in [0.29, 0.717) is 33.3 Å². The Labute approximate surface area is 243 Å². The van der Waals surface area contributed by atoms with Gasteiger partial charge >= 0.3 is 5.69 Å². The molecule has 2 aromatic heterocycles. The zero-order valence-corrected chi connectivity index (χ0v) is 23.7. The van der Waals surface area contributed by atoms with Crippen molar-refractivity contribution in [2.24, 2.45) is 12.8 Å². The SMILES string of the molecule is Cn1c(=O)n(-c2cccc(C3c4c([nH]c5cc(C(C)(C)O)ccc45)[C@@H](C(N)=O)C[C@H]3F)c2Cl)c(=O)c2cccc(F)c21. The molecule has 0 bridgehead atoms. The minimum Gasteiger partial charge on any atom is -0.386 e. The van der Waals surface area contributed by atoms with Crippen molar-refractivity contribution < 1.29 is 18.7 Å². The summed E-state index contributed by atoms with van der Waals surface area (Å²) in [5.41, 5.74) is 5.24. The second kappa shape index (κ2) is 9.64. The molecule has 0 fully saturated rings. The zero-order chi connectivity index (χ0) is 30.2. The smallest absolute Gasteiger partial charge is 0.336 e. The van der Waals surface area contributed by atoms with Gasteiger partial charge in [0.05, 0.1) is 33.1 Å². The highest BCUT2D eigenvalue weighted by Crippen LogP contribution is 2.49. The van der Waals surface area contributed by atoms with Crippen LogP contribution < -0.4 is 17.0 Å². The maximum atomic E-state index is 16.2. The molecule has 0 saturated carbocycles. The summed E-state index contributed by atoms with van der Waals surface area (Å²) in [5.74, 6) is -3.33. The molecule has 0 aliphatic heterocycles. The molecular weight excluding hydrogens is 566 g/mol. The van der Waals surface area contributed by atoms with Crippen LogP contribution in [0.25, 0.3) is 27.5 Å². The Bertz CT molecular complexity index is 2060. The first kappa shape index (κ1) is 27.9. The molecule has 2 heterocycles. The number of nitrogens with zero attached hydrogens (tertiary/aromatic N) is 2. The number of amides is 1. The van der Waals surface area contributed by atoms with Crippen molar-refractivity contribution in [3.63, 3.8) is 0 Å². The number of aryl methyl sites for hydroxylation is 1. The van der Waals surface area contributed by atoms with Crippen LogP contribution >= 0.6 is 11.6 Å². The normalized spacial score (nSPS) is 18.9. The number of H-pyrrole nitrogens is 1. The summed E-state index contributed by atoms with van der Waals surface area (Å²) in [6, 6.07) is 13.8.